The number of hydrogen-bond donors (Lipinski definition) is 2. The highest BCUT2D eigenvalue weighted by molar-refractivity contribution is 5.73. The quantitative estimate of drug-likeness (QED) is 0.475. The zero-order valence-electron chi connectivity index (χ0n) is 8.30. The minimum atomic E-state index is -4.41. The lowest BCUT2D eigenvalue weighted by Crippen LogP contribution is -2.09. The summed E-state index contributed by atoms with van der Waals surface area (Å²) in [5, 5.41) is 3.31. The fourth-order valence-corrected chi connectivity index (χ4v) is 1.15. The van der Waals surface area contributed by atoms with Crippen molar-refractivity contribution in [3.63, 3.8) is 0 Å². The van der Waals surface area contributed by atoms with Crippen molar-refractivity contribution in [3.8, 4) is 0 Å². The maximum absolute atomic E-state index is 12.4. The highest BCUT2D eigenvalue weighted by atomic mass is 19.4. The normalized spacial score (nSPS) is 10.9. The first-order valence-electron chi connectivity index (χ1n) is 4.24. The fraction of sp³-hybridized carbons (Fsp3) is 0.100. The van der Waals surface area contributed by atoms with E-state index in [1.54, 1.807) is 0 Å². The summed E-state index contributed by atoms with van der Waals surface area (Å²) in [6.07, 6.45) is -4.41. The highest BCUT2D eigenvalue weighted by Gasteiger charge is 2.31. The van der Waals surface area contributed by atoms with Crippen LogP contribution in [0.1, 0.15) is 11.1 Å². The van der Waals surface area contributed by atoms with Crippen LogP contribution in [0.2, 0.25) is 0 Å². The lowest BCUT2D eigenvalue weighted by molar-refractivity contribution is -0.137. The second kappa shape index (κ2) is 4.26. The predicted molar refractivity (Wildman–Crippen MR) is 57.6 cm³/mol. The average Bonchev–Trinajstić information content (AvgIpc) is 2.16. The number of hydrazone groups is 1. The lowest BCUT2D eigenvalue weighted by atomic mass is 10.1. The van der Waals surface area contributed by atoms with E-state index in [9.17, 15) is 13.2 Å². The highest BCUT2D eigenvalue weighted by Crippen LogP contribution is 2.32. The molecule has 1 rings (SSSR count). The van der Waals surface area contributed by atoms with E-state index in [2.05, 4.69) is 23.8 Å². The molecule has 0 bridgehead atoms. The van der Waals surface area contributed by atoms with E-state index in [4.69, 9.17) is 5.73 Å². The molecule has 16 heavy (non-hydrogen) atoms. The summed E-state index contributed by atoms with van der Waals surface area (Å²) in [5.74, 6) is 0. The van der Waals surface area contributed by atoms with Gasteiger partial charge in [-0.3, -0.25) is 5.43 Å². The van der Waals surface area contributed by atoms with E-state index in [0.29, 0.717) is 0 Å². The molecule has 1 aromatic carbocycles. The lowest BCUT2D eigenvalue weighted by Gasteiger charge is -2.12. The van der Waals surface area contributed by atoms with Crippen molar-refractivity contribution in [2.24, 2.45) is 5.10 Å². The Morgan fingerprint density at radius 3 is 2.50 bits per heavy atom. The molecule has 0 atom stereocenters. The van der Waals surface area contributed by atoms with Crippen molar-refractivity contribution in [3.05, 3.63) is 35.9 Å². The second-order valence-electron chi connectivity index (χ2n) is 3.05. The molecule has 1 aromatic rings. The third-order valence-electron chi connectivity index (χ3n) is 1.92. The van der Waals surface area contributed by atoms with Gasteiger partial charge >= 0.3 is 6.18 Å². The number of benzene rings is 1. The van der Waals surface area contributed by atoms with E-state index in [-0.39, 0.29) is 16.9 Å². The van der Waals surface area contributed by atoms with Gasteiger partial charge in [0.15, 0.2) is 0 Å². The average molecular weight is 229 g/mol. The third kappa shape index (κ3) is 2.53. The first kappa shape index (κ1) is 12.1. The van der Waals surface area contributed by atoms with Crippen molar-refractivity contribution >= 4 is 18.1 Å². The van der Waals surface area contributed by atoms with Gasteiger partial charge in [-0.15, -0.1) is 0 Å². The van der Waals surface area contributed by atoms with Crippen LogP contribution in [0.15, 0.2) is 29.9 Å². The number of nitrogens with two attached hydrogens (primary N) is 1. The maximum atomic E-state index is 12.4. The maximum Gasteiger partial charge on any atom is 0.416 e. The van der Waals surface area contributed by atoms with Gasteiger partial charge in [-0.1, -0.05) is 6.58 Å². The largest absolute Gasteiger partial charge is 0.416 e. The number of alkyl halides is 3. The monoisotopic (exact) mass is 229 g/mol. The number of nitrogen functional groups attached to an aromatic ring is 1. The van der Waals surface area contributed by atoms with Crippen molar-refractivity contribution in [2.45, 2.75) is 6.18 Å². The summed E-state index contributed by atoms with van der Waals surface area (Å²) in [6, 6.07) is 3.00. The van der Waals surface area contributed by atoms with Crippen LogP contribution in [0.25, 0.3) is 5.70 Å². The van der Waals surface area contributed by atoms with E-state index < -0.39 is 11.7 Å². The SMILES string of the molecule is C=NNC(=C)c1cc(C(F)(F)F)ccc1N. The Morgan fingerprint density at radius 2 is 2.00 bits per heavy atom. The van der Waals surface area contributed by atoms with Crippen LogP contribution in [-0.4, -0.2) is 6.72 Å². The van der Waals surface area contributed by atoms with E-state index >= 15 is 0 Å². The van der Waals surface area contributed by atoms with Crippen molar-refractivity contribution < 1.29 is 13.2 Å². The summed E-state index contributed by atoms with van der Waals surface area (Å²) in [5.41, 5.74) is 7.61. The van der Waals surface area contributed by atoms with Gasteiger partial charge in [-0.05, 0) is 18.2 Å². The Kier molecular flexibility index (Phi) is 3.22. The molecule has 0 unspecified atom stereocenters. The van der Waals surface area contributed by atoms with Crippen LogP contribution in [0, 0.1) is 0 Å². The van der Waals surface area contributed by atoms with E-state index in [0.717, 1.165) is 12.1 Å². The van der Waals surface area contributed by atoms with Crippen molar-refractivity contribution in [1.29, 1.82) is 0 Å². The van der Waals surface area contributed by atoms with Gasteiger partial charge in [0.1, 0.15) is 0 Å². The summed E-state index contributed by atoms with van der Waals surface area (Å²) in [7, 11) is 0. The minimum Gasteiger partial charge on any atom is -0.398 e. The number of rotatable bonds is 3. The first-order chi connectivity index (χ1) is 7.36. The molecule has 0 saturated heterocycles. The Hall–Kier alpha value is -1.98. The molecule has 86 valence electrons. The topological polar surface area (TPSA) is 50.4 Å². The van der Waals surface area contributed by atoms with Crippen molar-refractivity contribution in [2.75, 3.05) is 5.73 Å². The molecule has 3 N–H and O–H groups in total. The molecule has 0 aliphatic rings. The second-order valence-corrected chi connectivity index (χ2v) is 3.05. The van der Waals surface area contributed by atoms with Gasteiger partial charge in [0, 0.05) is 18.0 Å². The molecule has 0 aliphatic carbocycles. The van der Waals surface area contributed by atoms with Gasteiger partial charge in [0.2, 0.25) is 0 Å². The molecule has 0 aliphatic heterocycles. The van der Waals surface area contributed by atoms with Gasteiger partial charge in [-0.25, -0.2) is 0 Å². The standard InChI is InChI=1S/C10H10F3N3/c1-6(16-15-2)8-5-7(10(11,12)13)3-4-9(8)14/h3-5,16H,1-2,14H2. The molecule has 0 aromatic heterocycles. The number of nitrogens with one attached hydrogen (secondary N) is 1. The van der Waals surface area contributed by atoms with Crippen LogP contribution in [0.3, 0.4) is 0 Å². The number of halogens is 3. The smallest absolute Gasteiger partial charge is 0.398 e. The summed E-state index contributed by atoms with van der Waals surface area (Å²) in [6.45, 7) is 6.65. The molecule has 0 heterocycles. The van der Waals surface area contributed by atoms with Crippen LogP contribution in [0.4, 0.5) is 18.9 Å². The number of anilines is 1. The predicted octanol–water partition coefficient (Wildman–Crippen LogP) is 2.46. The Labute approximate surface area is 90.5 Å². The van der Waals surface area contributed by atoms with Gasteiger partial charge in [0.05, 0.1) is 11.3 Å². The molecule has 0 fully saturated rings. The van der Waals surface area contributed by atoms with Gasteiger partial charge < -0.3 is 5.73 Å². The van der Waals surface area contributed by atoms with E-state index in [1.165, 1.54) is 6.07 Å². The Bertz CT molecular complexity index is 424. The molecule has 0 radical (unpaired) electrons. The summed E-state index contributed by atoms with van der Waals surface area (Å²) < 4.78 is 37.3. The van der Waals surface area contributed by atoms with Crippen LogP contribution >= 0.6 is 0 Å². The van der Waals surface area contributed by atoms with Crippen molar-refractivity contribution in [1.82, 2.24) is 5.43 Å². The number of nitrogens with zero attached hydrogens (tertiary/aromatic N) is 1. The molecule has 0 spiro atoms. The Balaban J connectivity index is 3.18. The van der Waals surface area contributed by atoms with Gasteiger partial charge in [0.25, 0.3) is 0 Å². The molecule has 0 saturated carbocycles. The summed E-state index contributed by atoms with van der Waals surface area (Å²) in [4.78, 5) is 0. The number of hydrogen-bond acceptors (Lipinski definition) is 3. The molecular formula is C10H10F3N3. The minimum absolute atomic E-state index is 0.155. The first-order valence-corrected chi connectivity index (χ1v) is 4.24. The fourth-order valence-electron chi connectivity index (χ4n) is 1.15. The third-order valence-corrected chi connectivity index (χ3v) is 1.92. The molecular weight excluding hydrogens is 219 g/mol. The Morgan fingerprint density at radius 1 is 1.38 bits per heavy atom. The molecule has 3 nitrogen and oxygen atoms in total. The summed E-state index contributed by atoms with van der Waals surface area (Å²) >= 11 is 0. The molecule has 0 amide bonds. The van der Waals surface area contributed by atoms with Crippen LogP contribution < -0.4 is 11.2 Å². The van der Waals surface area contributed by atoms with Crippen LogP contribution in [0.5, 0.6) is 0 Å². The van der Waals surface area contributed by atoms with Gasteiger partial charge in [-0.2, -0.15) is 18.3 Å². The van der Waals surface area contributed by atoms with Crippen LogP contribution in [-0.2, 0) is 6.18 Å². The molecule has 6 heteroatoms. The van der Waals surface area contributed by atoms with E-state index in [1.807, 2.05) is 0 Å². The zero-order chi connectivity index (χ0) is 12.3. The zero-order valence-corrected chi connectivity index (χ0v) is 8.30.